The number of nitrogens with one attached hydrogen (secondary N) is 1. The van der Waals surface area contributed by atoms with E-state index in [1.807, 2.05) is 4.90 Å². The number of aromatic nitrogens is 5. The van der Waals surface area contributed by atoms with Gasteiger partial charge in [0.25, 0.3) is 0 Å². The fraction of sp³-hybridized carbons (Fsp3) is 0.346. The van der Waals surface area contributed by atoms with E-state index < -0.39 is 5.97 Å². The van der Waals surface area contributed by atoms with E-state index in [2.05, 4.69) is 25.8 Å². The number of hydrogen-bond donors (Lipinski definition) is 1. The van der Waals surface area contributed by atoms with Crippen LogP contribution in [0.5, 0.6) is 0 Å². The molecule has 7 rings (SSSR count). The minimum Gasteiger partial charge on any atom is -0.458 e. The smallest absolute Gasteiger partial charge is 0.344 e. The van der Waals surface area contributed by atoms with Crippen LogP contribution < -0.4 is 4.90 Å². The number of hydrogen-bond acceptors (Lipinski definition) is 8. The van der Waals surface area contributed by atoms with Crippen LogP contribution >= 0.6 is 23.2 Å². The lowest BCUT2D eigenvalue weighted by atomic mass is 10.0. The summed E-state index contributed by atoms with van der Waals surface area (Å²) in [5, 5.41) is 18.7. The Hall–Kier alpha value is -3.50. The van der Waals surface area contributed by atoms with Crippen molar-refractivity contribution in [3.8, 4) is 22.6 Å². The first kappa shape index (κ1) is 23.6. The number of tetrazole rings is 1. The van der Waals surface area contributed by atoms with Crippen LogP contribution in [-0.2, 0) is 4.74 Å². The first-order valence-corrected chi connectivity index (χ1v) is 13.2. The molecule has 4 aromatic rings. The molecule has 2 aromatic heterocycles. The zero-order chi connectivity index (χ0) is 26.0. The quantitative estimate of drug-likeness (QED) is 0.303. The molecule has 2 saturated carbocycles. The summed E-state index contributed by atoms with van der Waals surface area (Å²) < 4.78 is 26.7. The van der Waals surface area contributed by atoms with Crippen molar-refractivity contribution in [3.05, 3.63) is 63.6 Å². The van der Waals surface area contributed by atoms with E-state index >= 15 is 4.39 Å². The van der Waals surface area contributed by atoms with E-state index in [0.29, 0.717) is 62.7 Å². The van der Waals surface area contributed by atoms with Crippen molar-refractivity contribution in [2.75, 3.05) is 11.4 Å². The van der Waals surface area contributed by atoms with Gasteiger partial charge in [-0.25, -0.2) is 9.18 Å². The van der Waals surface area contributed by atoms with Crippen LogP contribution in [0.2, 0.25) is 10.0 Å². The van der Waals surface area contributed by atoms with Gasteiger partial charge in [0.15, 0.2) is 5.76 Å². The molecule has 3 fully saturated rings. The second-order valence-corrected chi connectivity index (χ2v) is 10.8. The molecule has 0 radical (unpaired) electrons. The molecule has 3 atom stereocenters. The molecule has 38 heavy (non-hydrogen) atoms. The van der Waals surface area contributed by atoms with Crippen LogP contribution in [0.3, 0.4) is 0 Å². The number of H-pyrrole nitrogens is 1. The molecule has 3 unspecified atom stereocenters. The van der Waals surface area contributed by atoms with Crippen molar-refractivity contribution in [1.29, 1.82) is 0 Å². The number of carbonyl (C=O) groups is 1. The zero-order valence-corrected chi connectivity index (χ0v) is 21.4. The molecule has 3 heterocycles. The topological polar surface area (TPSA) is 110 Å². The van der Waals surface area contributed by atoms with Gasteiger partial charge in [0.1, 0.15) is 23.2 Å². The highest BCUT2D eigenvalue weighted by Gasteiger charge is 2.48. The van der Waals surface area contributed by atoms with E-state index in [4.69, 9.17) is 32.5 Å². The molecule has 2 bridgehead atoms. The number of halogens is 3. The molecule has 1 saturated heterocycles. The largest absolute Gasteiger partial charge is 0.458 e. The van der Waals surface area contributed by atoms with Gasteiger partial charge in [-0.3, -0.25) is 0 Å². The maximum Gasteiger partial charge on any atom is 0.344 e. The Kier molecular flexibility index (Phi) is 5.63. The van der Waals surface area contributed by atoms with Crippen molar-refractivity contribution in [3.63, 3.8) is 0 Å². The number of carbonyl (C=O) groups excluding carboxylic acids is 1. The highest BCUT2D eigenvalue weighted by Crippen LogP contribution is 2.47. The van der Waals surface area contributed by atoms with Gasteiger partial charge in [-0.15, -0.1) is 10.2 Å². The third-order valence-corrected chi connectivity index (χ3v) is 8.30. The van der Waals surface area contributed by atoms with Gasteiger partial charge in [-0.1, -0.05) is 34.4 Å². The molecular weight excluding hydrogens is 534 g/mol. The second kappa shape index (κ2) is 9.06. The summed E-state index contributed by atoms with van der Waals surface area (Å²) in [5.74, 6) is 0.231. The second-order valence-electron chi connectivity index (χ2n) is 10.0. The SMILES string of the molecule is O=C(OC1CC2CC1CN2c1ccc(-c2nn[nH]n2)cc1F)c1c(-c2c(Cl)cccc2Cl)noc1C1CC1. The third kappa shape index (κ3) is 3.94. The van der Waals surface area contributed by atoms with Crippen molar-refractivity contribution < 1.29 is 18.4 Å². The van der Waals surface area contributed by atoms with Crippen LogP contribution in [0.1, 0.15) is 47.7 Å². The first-order valence-electron chi connectivity index (χ1n) is 12.4. The highest BCUT2D eigenvalue weighted by molar-refractivity contribution is 6.39. The highest BCUT2D eigenvalue weighted by atomic mass is 35.5. The predicted molar refractivity (Wildman–Crippen MR) is 137 cm³/mol. The number of ether oxygens (including phenoxy) is 1. The molecule has 3 aliphatic rings. The van der Waals surface area contributed by atoms with Crippen LogP contribution in [0.4, 0.5) is 10.1 Å². The van der Waals surface area contributed by atoms with Crippen molar-refractivity contribution >= 4 is 34.9 Å². The van der Waals surface area contributed by atoms with Gasteiger partial charge in [-0.05, 0) is 54.8 Å². The van der Waals surface area contributed by atoms with Gasteiger partial charge in [0, 0.05) is 42.0 Å². The molecule has 1 N–H and O–H groups in total. The zero-order valence-electron chi connectivity index (χ0n) is 19.9. The predicted octanol–water partition coefficient (Wildman–Crippen LogP) is 5.67. The molecule has 2 aliphatic carbocycles. The van der Waals surface area contributed by atoms with Gasteiger partial charge in [-0.2, -0.15) is 5.21 Å². The Balaban J connectivity index is 1.10. The first-order chi connectivity index (χ1) is 18.5. The summed E-state index contributed by atoms with van der Waals surface area (Å²) in [6, 6.07) is 10.1. The van der Waals surface area contributed by atoms with Gasteiger partial charge >= 0.3 is 5.97 Å². The average Bonchev–Trinajstić information content (AvgIpc) is 3.28. The summed E-state index contributed by atoms with van der Waals surface area (Å²) in [6.07, 6.45) is 2.97. The Labute approximate surface area is 226 Å². The van der Waals surface area contributed by atoms with Gasteiger partial charge < -0.3 is 14.2 Å². The fourth-order valence-electron chi connectivity index (χ4n) is 5.72. The number of rotatable bonds is 6. The number of fused-ring (bicyclic) bond motifs is 2. The Morgan fingerprint density at radius 2 is 1.97 bits per heavy atom. The van der Waals surface area contributed by atoms with Crippen LogP contribution in [0.25, 0.3) is 22.6 Å². The molecule has 0 spiro atoms. The Bertz CT molecular complexity index is 1520. The number of benzene rings is 2. The molecule has 9 nitrogen and oxygen atoms in total. The lowest BCUT2D eigenvalue weighted by Gasteiger charge is -2.33. The van der Waals surface area contributed by atoms with E-state index in [1.54, 1.807) is 30.3 Å². The Morgan fingerprint density at radius 3 is 2.63 bits per heavy atom. The van der Waals surface area contributed by atoms with E-state index in [9.17, 15) is 4.79 Å². The standard InChI is InChI=1S/C26H21Cl2FN6O3/c27-16-2-1-3-17(28)21(16)23-22(24(38-32-23)12-4-5-12)26(36)37-20-10-15-8-14(20)11-35(15)19-7-6-13(9-18(19)29)25-30-33-34-31-25/h1-3,6-7,9,12,14-15,20H,4-5,8,10-11H2,(H,30,31,33,34). The van der Waals surface area contributed by atoms with Crippen LogP contribution in [-0.4, -0.2) is 50.4 Å². The summed E-state index contributed by atoms with van der Waals surface area (Å²) in [6.45, 7) is 0.587. The minimum absolute atomic E-state index is 0.0613. The molecular formula is C26H21Cl2FN6O3. The maximum atomic E-state index is 15.1. The number of nitrogens with zero attached hydrogens (tertiary/aromatic N) is 5. The number of aromatic amines is 1. The van der Waals surface area contributed by atoms with Gasteiger partial charge in [0.05, 0.1) is 15.7 Å². The lowest BCUT2D eigenvalue weighted by molar-refractivity contribution is 0.0191. The Morgan fingerprint density at radius 1 is 1.16 bits per heavy atom. The molecule has 194 valence electrons. The number of esters is 1. The number of piperidine rings is 1. The molecule has 12 heteroatoms. The summed E-state index contributed by atoms with van der Waals surface area (Å²) in [4.78, 5) is 15.6. The van der Waals surface area contributed by atoms with Gasteiger partial charge in [0.2, 0.25) is 5.82 Å². The van der Waals surface area contributed by atoms with E-state index in [0.717, 1.165) is 19.3 Å². The third-order valence-electron chi connectivity index (χ3n) is 7.67. The van der Waals surface area contributed by atoms with Crippen molar-refractivity contribution in [1.82, 2.24) is 25.8 Å². The monoisotopic (exact) mass is 554 g/mol. The molecule has 1 aliphatic heterocycles. The summed E-state index contributed by atoms with van der Waals surface area (Å²) >= 11 is 12.9. The van der Waals surface area contributed by atoms with Crippen LogP contribution in [0.15, 0.2) is 40.9 Å². The van der Waals surface area contributed by atoms with Crippen molar-refractivity contribution in [2.24, 2.45) is 5.92 Å². The summed E-state index contributed by atoms with van der Waals surface area (Å²) in [7, 11) is 0. The molecule has 0 amide bonds. The number of anilines is 1. The average molecular weight is 555 g/mol. The summed E-state index contributed by atoms with van der Waals surface area (Å²) in [5.41, 5.74) is 2.12. The normalized spacial score (nSPS) is 22.3. The fourth-order valence-corrected chi connectivity index (χ4v) is 6.30. The van der Waals surface area contributed by atoms with E-state index in [1.165, 1.54) is 6.07 Å². The molecule has 2 aromatic carbocycles. The van der Waals surface area contributed by atoms with E-state index in [-0.39, 0.29) is 29.8 Å². The minimum atomic E-state index is -0.487. The van der Waals surface area contributed by atoms with Crippen molar-refractivity contribution in [2.45, 2.75) is 43.7 Å². The van der Waals surface area contributed by atoms with Crippen LogP contribution in [0, 0.1) is 11.7 Å². The maximum absolute atomic E-state index is 15.1. The lowest BCUT2D eigenvalue weighted by Crippen LogP contribution is -2.39.